The van der Waals surface area contributed by atoms with E-state index >= 15 is 0 Å². The molecule has 98 valence electrons. The van der Waals surface area contributed by atoms with Gasteiger partial charge < -0.3 is 21.1 Å². The fraction of sp³-hybridized carbons (Fsp3) is 0.462. The number of hydrogen-bond donors (Lipinski definition) is 3. The van der Waals surface area contributed by atoms with Crippen LogP contribution >= 0.6 is 0 Å². The molecule has 1 fully saturated rings. The number of rotatable bonds is 4. The Kier molecular flexibility index (Phi) is 4.04. The van der Waals surface area contributed by atoms with Gasteiger partial charge in [0.15, 0.2) is 0 Å². The van der Waals surface area contributed by atoms with E-state index in [-0.39, 0.29) is 12.0 Å². The van der Waals surface area contributed by atoms with Crippen molar-refractivity contribution in [3.05, 3.63) is 23.8 Å². The summed E-state index contributed by atoms with van der Waals surface area (Å²) in [6, 6.07) is 5.29. The number of hydrogen-bond acceptors (Lipinski definition) is 4. The van der Waals surface area contributed by atoms with Gasteiger partial charge in [-0.25, -0.2) is 0 Å². The Morgan fingerprint density at radius 3 is 3.06 bits per heavy atom. The quantitative estimate of drug-likeness (QED) is 0.701. The van der Waals surface area contributed by atoms with Crippen LogP contribution in [0.4, 0.5) is 11.4 Å². The maximum Gasteiger partial charge on any atom is 0.253 e. The Morgan fingerprint density at radius 1 is 1.56 bits per heavy atom. The number of nitrogens with one attached hydrogen (secondary N) is 2. The van der Waals surface area contributed by atoms with E-state index in [1.165, 1.54) is 0 Å². The van der Waals surface area contributed by atoms with E-state index < -0.39 is 0 Å². The first-order valence-corrected chi connectivity index (χ1v) is 6.18. The molecule has 5 nitrogen and oxygen atoms in total. The summed E-state index contributed by atoms with van der Waals surface area (Å²) in [4.78, 5) is 11.7. The Morgan fingerprint density at radius 2 is 2.39 bits per heavy atom. The van der Waals surface area contributed by atoms with Gasteiger partial charge in [-0.1, -0.05) is 0 Å². The number of nitrogens with two attached hydrogens (primary N) is 1. The van der Waals surface area contributed by atoms with Crippen LogP contribution in [0.3, 0.4) is 0 Å². The SMILES string of the molecule is CNC(=O)c1cc(N)ccc1NC[C@@H]1CCCO1. The van der Waals surface area contributed by atoms with Crippen molar-refractivity contribution in [2.45, 2.75) is 18.9 Å². The van der Waals surface area contributed by atoms with E-state index in [1.807, 2.05) is 6.07 Å². The highest BCUT2D eigenvalue weighted by molar-refractivity contribution is 6.00. The van der Waals surface area contributed by atoms with Crippen LogP contribution in [-0.2, 0) is 4.74 Å². The second-order valence-corrected chi connectivity index (χ2v) is 4.40. The van der Waals surface area contributed by atoms with Gasteiger partial charge in [-0.05, 0) is 31.0 Å². The molecule has 1 aliphatic heterocycles. The van der Waals surface area contributed by atoms with Crippen molar-refractivity contribution in [1.29, 1.82) is 0 Å². The van der Waals surface area contributed by atoms with Crippen molar-refractivity contribution < 1.29 is 9.53 Å². The van der Waals surface area contributed by atoms with Gasteiger partial charge in [-0.2, -0.15) is 0 Å². The van der Waals surface area contributed by atoms with E-state index in [9.17, 15) is 4.79 Å². The van der Waals surface area contributed by atoms with E-state index in [1.54, 1.807) is 19.2 Å². The van der Waals surface area contributed by atoms with Crippen LogP contribution in [0.15, 0.2) is 18.2 Å². The van der Waals surface area contributed by atoms with Crippen LogP contribution in [0.25, 0.3) is 0 Å². The number of anilines is 2. The van der Waals surface area contributed by atoms with Crippen molar-refractivity contribution in [1.82, 2.24) is 5.32 Å². The predicted molar refractivity (Wildman–Crippen MR) is 71.7 cm³/mol. The standard InChI is InChI=1S/C13H19N3O2/c1-15-13(17)11-7-9(14)4-5-12(11)16-8-10-3-2-6-18-10/h4-5,7,10,16H,2-3,6,8,14H2,1H3,(H,15,17)/t10-/m0/s1. The Labute approximate surface area is 107 Å². The van der Waals surface area contributed by atoms with Gasteiger partial charge in [-0.3, -0.25) is 4.79 Å². The first kappa shape index (κ1) is 12.7. The molecule has 1 atom stereocenters. The van der Waals surface area contributed by atoms with Gasteiger partial charge in [-0.15, -0.1) is 0 Å². The van der Waals surface area contributed by atoms with Crippen molar-refractivity contribution in [3.63, 3.8) is 0 Å². The zero-order valence-electron chi connectivity index (χ0n) is 10.5. The lowest BCUT2D eigenvalue weighted by Gasteiger charge is -2.15. The lowest BCUT2D eigenvalue weighted by molar-refractivity contribution is 0.0963. The minimum Gasteiger partial charge on any atom is -0.399 e. The molecule has 2 rings (SSSR count). The molecule has 0 aliphatic carbocycles. The summed E-state index contributed by atoms with van der Waals surface area (Å²) in [6.45, 7) is 1.55. The zero-order chi connectivity index (χ0) is 13.0. The Hall–Kier alpha value is -1.75. The summed E-state index contributed by atoms with van der Waals surface area (Å²) in [7, 11) is 1.61. The fourth-order valence-corrected chi connectivity index (χ4v) is 2.07. The van der Waals surface area contributed by atoms with Gasteiger partial charge in [0.25, 0.3) is 5.91 Å². The van der Waals surface area contributed by atoms with Gasteiger partial charge in [0.1, 0.15) is 0 Å². The molecule has 1 heterocycles. The van der Waals surface area contributed by atoms with Crippen LogP contribution in [0.1, 0.15) is 23.2 Å². The molecule has 1 amide bonds. The van der Waals surface area contributed by atoms with Crippen molar-refractivity contribution in [3.8, 4) is 0 Å². The van der Waals surface area contributed by atoms with Crippen LogP contribution in [0.2, 0.25) is 0 Å². The molecule has 1 aromatic rings. The van der Waals surface area contributed by atoms with Crippen LogP contribution in [0.5, 0.6) is 0 Å². The van der Waals surface area contributed by atoms with Gasteiger partial charge in [0.2, 0.25) is 0 Å². The van der Waals surface area contributed by atoms with E-state index in [0.717, 1.165) is 25.1 Å². The predicted octanol–water partition coefficient (Wildman–Crippen LogP) is 1.22. The highest BCUT2D eigenvalue weighted by atomic mass is 16.5. The molecule has 0 unspecified atom stereocenters. The molecule has 1 saturated heterocycles. The minimum absolute atomic E-state index is 0.142. The molecule has 0 bridgehead atoms. The van der Waals surface area contributed by atoms with E-state index in [2.05, 4.69) is 10.6 Å². The van der Waals surface area contributed by atoms with Crippen molar-refractivity contribution >= 4 is 17.3 Å². The number of nitrogen functional groups attached to an aromatic ring is 1. The largest absolute Gasteiger partial charge is 0.399 e. The van der Waals surface area contributed by atoms with Crippen molar-refractivity contribution in [2.75, 3.05) is 31.2 Å². The number of amides is 1. The molecule has 1 aliphatic rings. The van der Waals surface area contributed by atoms with Gasteiger partial charge >= 0.3 is 0 Å². The summed E-state index contributed by atoms with van der Waals surface area (Å²) in [5, 5.41) is 5.87. The average molecular weight is 249 g/mol. The van der Waals surface area contributed by atoms with Crippen LogP contribution in [-0.4, -0.2) is 32.2 Å². The molecule has 0 radical (unpaired) electrons. The van der Waals surface area contributed by atoms with E-state index in [0.29, 0.717) is 17.8 Å². The van der Waals surface area contributed by atoms with Gasteiger partial charge in [0.05, 0.1) is 11.7 Å². The molecule has 5 heteroatoms. The summed E-state index contributed by atoms with van der Waals surface area (Å²) >= 11 is 0. The van der Waals surface area contributed by atoms with Crippen LogP contribution in [0, 0.1) is 0 Å². The third-order valence-corrected chi connectivity index (χ3v) is 3.06. The Bertz CT molecular complexity index is 428. The minimum atomic E-state index is -0.142. The number of carbonyl (C=O) groups excluding carboxylic acids is 1. The van der Waals surface area contributed by atoms with Gasteiger partial charge in [0, 0.05) is 31.6 Å². The van der Waals surface area contributed by atoms with Crippen LogP contribution < -0.4 is 16.4 Å². The lowest BCUT2D eigenvalue weighted by atomic mass is 10.1. The average Bonchev–Trinajstić information content (AvgIpc) is 2.89. The maximum absolute atomic E-state index is 11.7. The molecule has 0 saturated carbocycles. The molecular formula is C13H19N3O2. The number of benzene rings is 1. The second-order valence-electron chi connectivity index (χ2n) is 4.40. The fourth-order valence-electron chi connectivity index (χ4n) is 2.07. The maximum atomic E-state index is 11.7. The summed E-state index contributed by atoms with van der Waals surface area (Å²) in [5.41, 5.74) is 7.64. The highest BCUT2D eigenvalue weighted by Gasteiger charge is 2.16. The topological polar surface area (TPSA) is 76.4 Å². The smallest absolute Gasteiger partial charge is 0.253 e. The summed E-state index contributed by atoms with van der Waals surface area (Å²) < 4.78 is 5.54. The number of carbonyl (C=O) groups is 1. The molecule has 1 aromatic carbocycles. The third kappa shape index (κ3) is 2.92. The number of ether oxygens (including phenoxy) is 1. The highest BCUT2D eigenvalue weighted by Crippen LogP contribution is 2.20. The molecular weight excluding hydrogens is 230 g/mol. The lowest BCUT2D eigenvalue weighted by Crippen LogP contribution is -2.23. The van der Waals surface area contributed by atoms with E-state index in [4.69, 9.17) is 10.5 Å². The first-order valence-electron chi connectivity index (χ1n) is 6.18. The molecule has 0 aromatic heterocycles. The normalized spacial score (nSPS) is 18.6. The zero-order valence-corrected chi connectivity index (χ0v) is 10.5. The first-order chi connectivity index (χ1) is 8.70. The molecule has 18 heavy (non-hydrogen) atoms. The molecule has 4 N–H and O–H groups in total. The third-order valence-electron chi connectivity index (χ3n) is 3.06. The summed E-state index contributed by atoms with van der Waals surface area (Å²) in [6.07, 6.45) is 2.41. The monoisotopic (exact) mass is 249 g/mol. The molecule has 0 spiro atoms. The summed E-state index contributed by atoms with van der Waals surface area (Å²) in [5.74, 6) is -0.142. The Balaban J connectivity index is 2.08. The second kappa shape index (κ2) is 5.73. The van der Waals surface area contributed by atoms with Crippen molar-refractivity contribution in [2.24, 2.45) is 0 Å².